The lowest BCUT2D eigenvalue weighted by molar-refractivity contribution is -0.124. The van der Waals surface area contributed by atoms with Crippen molar-refractivity contribution in [2.45, 2.75) is 46.6 Å². The quantitative estimate of drug-likeness (QED) is 0.899. The third kappa shape index (κ3) is 3.04. The molecular weight excluding hydrogens is 307 g/mol. The Morgan fingerprint density at radius 3 is 2.46 bits per heavy atom. The first-order valence-electron chi connectivity index (χ1n) is 8.45. The van der Waals surface area contributed by atoms with E-state index in [-0.39, 0.29) is 34.6 Å². The Hall–Kier alpha value is -1.91. The van der Waals surface area contributed by atoms with Crippen molar-refractivity contribution in [3.8, 4) is 0 Å². The molecule has 130 valence electrons. The number of oxime groups is 1. The summed E-state index contributed by atoms with van der Waals surface area (Å²) in [6, 6.07) is 6.40. The van der Waals surface area contributed by atoms with Gasteiger partial charge in [-0.25, -0.2) is 4.39 Å². The van der Waals surface area contributed by atoms with Gasteiger partial charge in [0.25, 0.3) is 0 Å². The molecule has 1 aromatic carbocycles. The molecule has 1 N–H and O–H groups in total. The minimum absolute atomic E-state index is 0.0395. The summed E-state index contributed by atoms with van der Waals surface area (Å²) in [6.45, 7) is 9.00. The fraction of sp³-hybridized carbons (Fsp3) is 0.579. The maximum Gasteiger partial charge on any atom is 0.224 e. The minimum atomic E-state index is -0.241. The minimum Gasteiger partial charge on any atom is -0.390 e. The molecule has 2 aliphatic rings. The summed E-state index contributed by atoms with van der Waals surface area (Å²) in [5.74, 6) is -0.0959. The monoisotopic (exact) mass is 332 g/mol. The van der Waals surface area contributed by atoms with E-state index < -0.39 is 0 Å². The van der Waals surface area contributed by atoms with Gasteiger partial charge in [0.1, 0.15) is 11.9 Å². The van der Waals surface area contributed by atoms with Gasteiger partial charge in [-0.2, -0.15) is 0 Å². The van der Waals surface area contributed by atoms with Gasteiger partial charge in [0, 0.05) is 18.8 Å². The Bertz CT molecular complexity index is 650. The molecule has 1 aromatic rings. The molecule has 1 unspecified atom stereocenters. The first-order valence-corrected chi connectivity index (χ1v) is 8.45. The topological polar surface area (TPSA) is 50.7 Å². The van der Waals surface area contributed by atoms with Crippen LogP contribution in [0.3, 0.4) is 0 Å². The van der Waals surface area contributed by atoms with E-state index in [1.807, 2.05) is 0 Å². The molecule has 0 aromatic heterocycles. The van der Waals surface area contributed by atoms with Crippen LogP contribution >= 0.6 is 0 Å². The largest absolute Gasteiger partial charge is 0.390 e. The summed E-state index contributed by atoms with van der Waals surface area (Å²) < 4.78 is 12.9. The fourth-order valence-corrected chi connectivity index (χ4v) is 3.71. The van der Waals surface area contributed by atoms with Crippen molar-refractivity contribution in [2.24, 2.45) is 21.9 Å². The lowest BCUT2D eigenvalue weighted by Crippen LogP contribution is -2.34. The predicted octanol–water partition coefficient (Wildman–Crippen LogP) is 3.31. The number of nitrogens with zero attached hydrogens (tertiary/aromatic N) is 1. The van der Waals surface area contributed by atoms with Crippen LogP contribution in [-0.4, -0.2) is 24.3 Å². The van der Waals surface area contributed by atoms with Gasteiger partial charge in [0.05, 0.1) is 12.3 Å². The molecule has 1 aliphatic carbocycles. The van der Waals surface area contributed by atoms with Crippen molar-refractivity contribution >= 4 is 11.6 Å². The van der Waals surface area contributed by atoms with Crippen LogP contribution in [0.15, 0.2) is 29.4 Å². The van der Waals surface area contributed by atoms with Crippen LogP contribution < -0.4 is 5.32 Å². The molecule has 1 aliphatic heterocycles. The normalized spacial score (nSPS) is 24.2. The number of hydrogen-bond acceptors (Lipinski definition) is 3. The third-order valence-electron chi connectivity index (χ3n) is 5.90. The van der Waals surface area contributed by atoms with Crippen LogP contribution in [0.2, 0.25) is 0 Å². The average Bonchev–Trinajstić information content (AvgIpc) is 2.81. The number of rotatable bonds is 5. The molecular formula is C19H25FN2O2. The van der Waals surface area contributed by atoms with Crippen molar-refractivity contribution in [1.29, 1.82) is 0 Å². The summed E-state index contributed by atoms with van der Waals surface area (Å²) in [6.07, 6.45) is 1.22. The highest BCUT2D eigenvalue weighted by atomic mass is 19.1. The van der Waals surface area contributed by atoms with E-state index in [1.54, 1.807) is 12.1 Å². The number of carbonyl (C=O) groups excluding carboxylic acids is 1. The summed E-state index contributed by atoms with van der Waals surface area (Å²) >= 11 is 0. The summed E-state index contributed by atoms with van der Waals surface area (Å²) in [5, 5.41) is 7.10. The van der Waals surface area contributed by atoms with Crippen LogP contribution in [-0.2, 0) is 16.1 Å². The molecule has 5 heteroatoms. The maximum atomic E-state index is 12.9. The second kappa shape index (κ2) is 5.87. The van der Waals surface area contributed by atoms with Gasteiger partial charge < -0.3 is 10.2 Å². The smallest absolute Gasteiger partial charge is 0.224 e. The van der Waals surface area contributed by atoms with E-state index in [0.29, 0.717) is 19.4 Å². The standard InChI is InChI=1S/C19H25FN2O2/c1-18(2)16(19(18,3)4)17(23)21-11-15-10-14(22-24-15)9-12-5-7-13(20)8-6-12/h5-8,15-16H,9-11H2,1-4H3,(H,21,23). The van der Waals surface area contributed by atoms with Crippen molar-refractivity contribution in [3.05, 3.63) is 35.6 Å². The van der Waals surface area contributed by atoms with Gasteiger partial charge in [-0.1, -0.05) is 45.0 Å². The lowest BCUT2D eigenvalue weighted by atomic mass is 10.0. The molecule has 1 amide bonds. The molecule has 0 radical (unpaired) electrons. The van der Waals surface area contributed by atoms with Crippen LogP contribution in [0.4, 0.5) is 4.39 Å². The van der Waals surface area contributed by atoms with E-state index >= 15 is 0 Å². The van der Waals surface area contributed by atoms with E-state index in [9.17, 15) is 9.18 Å². The lowest BCUT2D eigenvalue weighted by Gasteiger charge is -2.10. The van der Waals surface area contributed by atoms with Gasteiger partial charge in [0.2, 0.25) is 5.91 Å². The Morgan fingerprint density at radius 1 is 1.25 bits per heavy atom. The van der Waals surface area contributed by atoms with Crippen molar-refractivity contribution in [1.82, 2.24) is 5.32 Å². The number of benzene rings is 1. The molecule has 0 saturated heterocycles. The number of nitrogens with one attached hydrogen (secondary N) is 1. The second-order valence-electron chi connectivity index (χ2n) is 8.01. The van der Waals surface area contributed by atoms with Crippen LogP contribution in [0.25, 0.3) is 0 Å². The first-order chi connectivity index (χ1) is 11.2. The fourth-order valence-electron chi connectivity index (χ4n) is 3.71. The molecule has 4 nitrogen and oxygen atoms in total. The van der Waals surface area contributed by atoms with Gasteiger partial charge >= 0.3 is 0 Å². The average molecular weight is 332 g/mol. The highest BCUT2D eigenvalue weighted by molar-refractivity contribution is 5.88. The van der Waals surface area contributed by atoms with Gasteiger partial charge in [0.15, 0.2) is 0 Å². The van der Waals surface area contributed by atoms with Gasteiger partial charge in [-0.3, -0.25) is 4.79 Å². The Labute approximate surface area is 142 Å². The van der Waals surface area contributed by atoms with E-state index in [1.165, 1.54) is 12.1 Å². The molecule has 1 heterocycles. The van der Waals surface area contributed by atoms with Crippen molar-refractivity contribution < 1.29 is 14.0 Å². The van der Waals surface area contributed by atoms with Crippen LogP contribution in [0, 0.1) is 22.6 Å². The second-order valence-corrected chi connectivity index (χ2v) is 8.01. The SMILES string of the molecule is CC1(C)C(C(=O)NCC2CC(Cc3ccc(F)cc3)=NO2)C1(C)C. The summed E-state index contributed by atoms with van der Waals surface area (Å²) in [7, 11) is 0. The zero-order valence-corrected chi connectivity index (χ0v) is 14.7. The molecule has 0 spiro atoms. The third-order valence-corrected chi connectivity index (χ3v) is 5.90. The zero-order valence-electron chi connectivity index (χ0n) is 14.7. The number of carbonyl (C=O) groups is 1. The summed E-state index contributed by atoms with van der Waals surface area (Å²) in [5.41, 5.74) is 2.01. The number of amides is 1. The van der Waals surface area contributed by atoms with E-state index in [0.717, 1.165) is 11.3 Å². The van der Waals surface area contributed by atoms with Crippen molar-refractivity contribution in [2.75, 3.05) is 6.54 Å². The molecule has 3 rings (SSSR count). The van der Waals surface area contributed by atoms with E-state index in [2.05, 4.69) is 38.2 Å². The number of hydrogen-bond donors (Lipinski definition) is 1. The van der Waals surface area contributed by atoms with Crippen LogP contribution in [0.5, 0.6) is 0 Å². The van der Waals surface area contributed by atoms with Gasteiger partial charge in [-0.15, -0.1) is 0 Å². The Kier molecular flexibility index (Phi) is 4.14. The van der Waals surface area contributed by atoms with Crippen molar-refractivity contribution in [3.63, 3.8) is 0 Å². The number of halogens is 1. The Morgan fingerprint density at radius 2 is 1.88 bits per heavy atom. The zero-order chi connectivity index (χ0) is 17.5. The molecule has 1 fully saturated rings. The first kappa shape index (κ1) is 16.9. The van der Waals surface area contributed by atoms with E-state index in [4.69, 9.17) is 4.84 Å². The van der Waals surface area contributed by atoms with Gasteiger partial charge in [-0.05, 0) is 28.5 Å². The Balaban J connectivity index is 1.45. The molecule has 1 atom stereocenters. The predicted molar refractivity (Wildman–Crippen MR) is 91.1 cm³/mol. The molecule has 0 bridgehead atoms. The van der Waals surface area contributed by atoms with Crippen LogP contribution in [0.1, 0.15) is 39.7 Å². The molecule has 24 heavy (non-hydrogen) atoms. The highest BCUT2D eigenvalue weighted by Crippen LogP contribution is 2.68. The maximum absolute atomic E-state index is 12.9. The highest BCUT2D eigenvalue weighted by Gasteiger charge is 2.68. The molecule has 1 saturated carbocycles. The summed E-state index contributed by atoms with van der Waals surface area (Å²) in [4.78, 5) is 17.8.